The summed E-state index contributed by atoms with van der Waals surface area (Å²) < 4.78 is 26.8. The molecule has 1 heterocycles. The molecule has 1 aromatic heterocycles. The highest BCUT2D eigenvalue weighted by atomic mass is 35.5. The minimum Gasteiger partial charge on any atom is -0.367 e. The molecule has 18 heavy (non-hydrogen) atoms. The molecular weight excluding hydrogens is 272 g/mol. The molecule has 2 N–H and O–H groups in total. The number of benzene rings is 1. The lowest BCUT2D eigenvalue weighted by Crippen LogP contribution is -2.23. The molecule has 1 aromatic carbocycles. The first-order valence-corrected chi connectivity index (χ1v) is 7.22. The van der Waals surface area contributed by atoms with Crippen LogP contribution >= 0.6 is 11.6 Å². The van der Waals surface area contributed by atoms with Gasteiger partial charge in [-0.3, -0.25) is 0 Å². The number of hydrogen-bond donors (Lipinski definition) is 2. The Hall–Kier alpha value is -1.30. The molecule has 0 radical (unpaired) electrons. The molecular formula is C12H13ClN2O2S. The molecule has 0 saturated carbocycles. The number of H-pyrrole nitrogens is 1. The second-order valence-electron chi connectivity index (χ2n) is 3.95. The molecule has 0 bridgehead atoms. The van der Waals surface area contributed by atoms with E-state index in [4.69, 9.17) is 11.6 Å². The molecule has 0 fully saturated rings. The molecule has 2 aromatic rings. The van der Waals surface area contributed by atoms with Crippen molar-refractivity contribution < 1.29 is 8.42 Å². The minimum absolute atomic E-state index is 0.213. The Morgan fingerprint density at radius 1 is 1.33 bits per heavy atom. The maximum atomic E-state index is 12.1. The maximum Gasteiger partial charge on any atom is 0.241 e. The van der Waals surface area contributed by atoms with Gasteiger partial charge in [-0.15, -0.1) is 0 Å². The summed E-state index contributed by atoms with van der Waals surface area (Å²) in [4.78, 5) is 3.08. The third-order valence-corrected chi connectivity index (χ3v) is 4.35. The predicted molar refractivity (Wildman–Crippen MR) is 71.0 cm³/mol. The van der Waals surface area contributed by atoms with E-state index in [0.29, 0.717) is 10.6 Å². The van der Waals surface area contributed by atoms with Crippen LogP contribution in [0.3, 0.4) is 0 Å². The van der Waals surface area contributed by atoms with E-state index in [9.17, 15) is 8.42 Å². The summed E-state index contributed by atoms with van der Waals surface area (Å²) in [5.74, 6) is 0. The van der Waals surface area contributed by atoms with Gasteiger partial charge in [0.15, 0.2) is 0 Å². The van der Waals surface area contributed by atoms with Gasteiger partial charge in [0.2, 0.25) is 10.0 Å². The van der Waals surface area contributed by atoms with Gasteiger partial charge in [0.25, 0.3) is 0 Å². The largest absolute Gasteiger partial charge is 0.367 e. The van der Waals surface area contributed by atoms with E-state index in [1.807, 2.05) is 6.07 Å². The number of sulfonamides is 1. The monoisotopic (exact) mass is 284 g/mol. The fourth-order valence-electron chi connectivity index (χ4n) is 1.59. The number of rotatable bonds is 4. The van der Waals surface area contributed by atoms with Crippen LogP contribution in [0.5, 0.6) is 0 Å². The lowest BCUT2D eigenvalue weighted by molar-refractivity contribution is 0.580. The van der Waals surface area contributed by atoms with Crippen LogP contribution < -0.4 is 4.72 Å². The van der Waals surface area contributed by atoms with Crippen LogP contribution in [0.25, 0.3) is 0 Å². The van der Waals surface area contributed by atoms with Gasteiger partial charge < -0.3 is 4.98 Å². The van der Waals surface area contributed by atoms with Crippen molar-refractivity contribution in [3.05, 3.63) is 52.8 Å². The zero-order valence-corrected chi connectivity index (χ0v) is 11.3. The number of nitrogens with one attached hydrogen (secondary N) is 2. The first-order valence-electron chi connectivity index (χ1n) is 5.36. The Kier molecular flexibility index (Phi) is 3.75. The van der Waals surface area contributed by atoms with Crippen LogP contribution in [-0.2, 0) is 16.6 Å². The van der Waals surface area contributed by atoms with E-state index in [-0.39, 0.29) is 11.4 Å². The van der Waals surface area contributed by atoms with Crippen LogP contribution in [0.15, 0.2) is 41.6 Å². The molecule has 0 amide bonds. The summed E-state index contributed by atoms with van der Waals surface area (Å²) >= 11 is 5.83. The number of aromatic amines is 1. The molecule has 0 atom stereocenters. The van der Waals surface area contributed by atoms with Gasteiger partial charge in [-0.1, -0.05) is 17.7 Å². The third kappa shape index (κ3) is 2.93. The molecule has 0 aliphatic heterocycles. The van der Waals surface area contributed by atoms with Gasteiger partial charge in [-0.2, -0.15) is 0 Å². The van der Waals surface area contributed by atoms with E-state index in [1.54, 1.807) is 31.5 Å². The molecule has 0 aliphatic rings. The average molecular weight is 285 g/mol. The van der Waals surface area contributed by atoms with E-state index in [0.717, 1.165) is 5.56 Å². The Morgan fingerprint density at radius 2 is 2.11 bits per heavy atom. The van der Waals surface area contributed by atoms with Crippen LogP contribution in [0.1, 0.15) is 11.1 Å². The van der Waals surface area contributed by atoms with Crippen LogP contribution in [0.2, 0.25) is 5.02 Å². The average Bonchev–Trinajstić information content (AvgIpc) is 2.83. The molecule has 2 rings (SSSR count). The van der Waals surface area contributed by atoms with Gasteiger partial charge in [-0.25, -0.2) is 13.1 Å². The lowest BCUT2D eigenvalue weighted by Gasteiger charge is -2.09. The summed E-state index contributed by atoms with van der Waals surface area (Å²) in [5, 5.41) is 0.405. The Labute approximate surface area is 111 Å². The third-order valence-electron chi connectivity index (χ3n) is 2.57. The fourth-order valence-corrected chi connectivity index (χ4v) is 3.11. The molecule has 0 saturated heterocycles. The molecule has 0 aliphatic carbocycles. The first-order chi connectivity index (χ1) is 8.49. The number of hydrogen-bond acceptors (Lipinski definition) is 2. The van der Waals surface area contributed by atoms with Crippen molar-refractivity contribution in [3.63, 3.8) is 0 Å². The summed E-state index contributed by atoms with van der Waals surface area (Å²) in [6, 6.07) is 6.62. The van der Waals surface area contributed by atoms with E-state index >= 15 is 0 Å². The minimum atomic E-state index is -3.54. The molecule has 0 spiro atoms. The number of aryl methyl sites for hydroxylation is 1. The predicted octanol–water partition coefficient (Wildman–Crippen LogP) is 2.46. The van der Waals surface area contributed by atoms with Crippen molar-refractivity contribution in [1.82, 2.24) is 9.71 Å². The number of halogens is 1. The normalized spacial score (nSPS) is 11.7. The van der Waals surface area contributed by atoms with Crippen LogP contribution in [0.4, 0.5) is 0 Å². The highest BCUT2D eigenvalue weighted by Crippen LogP contribution is 2.20. The smallest absolute Gasteiger partial charge is 0.241 e. The SMILES string of the molecule is Cc1ccc(Cl)cc1S(=O)(=O)NCc1cc[nH]c1. The zero-order valence-electron chi connectivity index (χ0n) is 9.77. The number of aromatic nitrogens is 1. The fraction of sp³-hybridized carbons (Fsp3) is 0.167. The van der Waals surface area contributed by atoms with Gasteiger partial charge >= 0.3 is 0 Å². The van der Waals surface area contributed by atoms with Gasteiger partial charge in [0.1, 0.15) is 0 Å². The van der Waals surface area contributed by atoms with Gasteiger partial charge in [0.05, 0.1) is 4.90 Å². The van der Waals surface area contributed by atoms with E-state index in [1.165, 1.54) is 6.07 Å². The maximum absolute atomic E-state index is 12.1. The summed E-state index contributed by atoms with van der Waals surface area (Å²) in [6.45, 7) is 1.99. The lowest BCUT2D eigenvalue weighted by atomic mass is 10.2. The molecule has 96 valence electrons. The molecule has 6 heteroatoms. The van der Waals surface area contributed by atoms with Crippen molar-refractivity contribution in [2.24, 2.45) is 0 Å². The second kappa shape index (κ2) is 5.14. The van der Waals surface area contributed by atoms with Crippen molar-refractivity contribution in [1.29, 1.82) is 0 Å². The highest BCUT2D eigenvalue weighted by molar-refractivity contribution is 7.89. The molecule has 0 unspecified atom stereocenters. The van der Waals surface area contributed by atoms with Crippen molar-refractivity contribution in [2.45, 2.75) is 18.4 Å². The first kappa shape index (κ1) is 13.1. The quantitative estimate of drug-likeness (QED) is 0.906. The standard InChI is InChI=1S/C12H13ClN2O2S/c1-9-2-3-11(13)6-12(9)18(16,17)15-8-10-4-5-14-7-10/h2-7,14-15H,8H2,1H3. The van der Waals surface area contributed by atoms with Crippen molar-refractivity contribution in [3.8, 4) is 0 Å². The van der Waals surface area contributed by atoms with Crippen molar-refractivity contribution in [2.75, 3.05) is 0 Å². The highest BCUT2D eigenvalue weighted by Gasteiger charge is 2.16. The Morgan fingerprint density at radius 3 is 2.78 bits per heavy atom. The summed E-state index contributed by atoms with van der Waals surface area (Å²) in [7, 11) is -3.54. The van der Waals surface area contributed by atoms with Gasteiger partial charge in [0, 0.05) is 24.0 Å². The van der Waals surface area contributed by atoms with Crippen LogP contribution in [-0.4, -0.2) is 13.4 Å². The van der Waals surface area contributed by atoms with E-state index < -0.39 is 10.0 Å². The topological polar surface area (TPSA) is 62.0 Å². The van der Waals surface area contributed by atoms with Gasteiger partial charge in [-0.05, 0) is 36.2 Å². The van der Waals surface area contributed by atoms with Crippen molar-refractivity contribution >= 4 is 21.6 Å². The Balaban J connectivity index is 2.22. The summed E-state index contributed by atoms with van der Waals surface area (Å²) in [5.41, 5.74) is 1.54. The summed E-state index contributed by atoms with van der Waals surface area (Å²) in [6.07, 6.45) is 3.49. The van der Waals surface area contributed by atoms with Crippen LogP contribution in [0, 0.1) is 6.92 Å². The van der Waals surface area contributed by atoms with E-state index in [2.05, 4.69) is 9.71 Å². The Bertz CT molecular complexity index is 636. The molecule has 4 nitrogen and oxygen atoms in total. The zero-order chi connectivity index (χ0) is 13.2. The second-order valence-corrected chi connectivity index (χ2v) is 6.13.